The molecule has 6 heteroatoms. The zero-order chi connectivity index (χ0) is 20.5. The van der Waals surface area contributed by atoms with Gasteiger partial charge in [-0.3, -0.25) is 9.59 Å². The van der Waals surface area contributed by atoms with Gasteiger partial charge >= 0.3 is 5.97 Å². The maximum Gasteiger partial charge on any atom is 0.338 e. The molecule has 0 aliphatic rings. The predicted molar refractivity (Wildman–Crippen MR) is 108 cm³/mol. The first-order chi connectivity index (χ1) is 13.4. The molecule has 0 aromatic heterocycles. The first kappa shape index (κ1) is 21.2. The zero-order valence-corrected chi connectivity index (χ0v) is 16.4. The topological polar surface area (TPSA) is 84.5 Å². The molecule has 0 fully saturated rings. The van der Waals surface area contributed by atoms with Gasteiger partial charge in [-0.25, -0.2) is 4.79 Å². The second-order valence-corrected chi connectivity index (χ2v) is 6.57. The first-order valence-corrected chi connectivity index (χ1v) is 9.32. The standard InChI is InChI=1S/C22H26N2O4/c1-4-17(18-9-6-5-7-10-18)14-23-21(26)15(2)28-22(27)19-11-8-12-20(13-19)24-16(3)25/h5-13,15,17H,4,14H2,1-3H3,(H,23,26)(H,24,25)/t15-,17-/m1/s1. The van der Waals surface area contributed by atoms with E-state index in [1.165, 1.54) is 19.9 Å². The van der Waals surface area contributed by atoms with Crippen molar-refractivity contribution in [2.75, 3.05) is 11.9 Å². The highest BCUT2D eigenvalue weighted by atomic mass is 16.5. The molecule has 0 aliphatic carbocycles. The summed E-state index contributed by atoms with van der Waals surface area (Å²) in [5.41, 5.74) is 1.92. The molecule has 0 aliphatic heterocycles. The van der Waals surface area contributed by atoms with E-state index in [0.717, 1.165) is 12.0 Å². The van der Waals surface area contributed by atoms with Crippen LogP contribution in [0, 0.1) is 0 Å². The molecule has 6 nitrogen and oxygen atoms in total. The van der Waals surface area contributed by atoms with E-state index in [4.69, 9.17) is 4.74 Å². The predicted octanol–water partition coefficient (Wildman–Crippen LogP) is 3.50. The highest BCUT2D eigenvalue weighted by molar-refractivity contribution is 5.95. The van der Waals surface area contributed by atoms with Gasteiger partial charge in [-0.05, 0) is 37.1 Å². The van der Waals surface area contributed by atoms with Gasteiger partial charge in [0.05, 0.1) is 5.56 Å². The number of ether oxygens (including phenoxy) is 1. The van der Waals surface area contributed by atoms with E-state index in [2.05, 4.69) is 17.6 Å². The Morgan fingerprint density at radius 1 is 1.04 bits per heavy atom. The summed E-state index contributed by atoms with van der Waals surface area (Å²) in [5, 5.41) is 5.46. The van der Waals surface area contributed by atoms with Gasteiger partial charge in [-0.1, -0.05) is 43.3 Å². The Kier molecular flexibility index (Phi) is 7.75. The summed E-state index contributed by atoms with van der Waals surface area (Å²) < 4.78 is 5.27. The van der Waals surface area contributed by atoms with Crippen molar-refractivity contribution in [3.8, 4) is 0 Å². The number of rotatable bonds is 8. The number of carbonyl (C=O) groups excluding carboxylic acids is 3. The lowest BCUT2D eigenvalue weighted by molar-refractivity contribution is -0.129. The molecule has 2 N–H and O–H groups in total. The number of esters is 1. The van der Waals surface area contributed by atoms with E-state index < -0.39 is 12.1 Å². The summed E-state index contributed by atoms with van der Waals surface area (Å²) in [4.78, 5) is 35.8. The Morgan fingerprint density at radius 3 is 2.39 bits per heavy atom. The minimum Gasteiger partial charge on any atom is -0.449 e. The van der Waals surface area contributed by atoms with Crippen molar-refractivity contribution < 1.29 is 19.1 Å². The maximum absolute atomic E-state index is 12.3. The Balaban J connectivity index is 1.91. The van der Waals surface area contributed by atoms with Crippen LogP contribution in [0.1, 0.15) is 49.0 Å². The number of nitrogens with one attached hydrogen (secondary N) is 2. The lowest BCUT2D eigenvalue weighted by atomic mass is 9.96. The Hall–Kier alpha value is -3.15. The van der Waals surface area contributed by atoms with Crippen LogP contribution < -0.4 is 10.6 Å². The smallest absolute Gasteiger partial charge is 0.338 e. The lowest BCUT2D eigenvalue weighted by Gasteiger charge is -2.18. The molecule has 2 aromatic carbocycles. The molecule has 2 aromatic rings. The molecule has 0 spiro atoms. The van der Waals surface area contributed by atoms with Crippen molar-refractivity contribution in [2.45, 2.75) is 39.2 Å². The number of amides is 2. The molecule has 0 saturated carbocycles. The second-order valence-electron chi connectivity index (χ2n) is 6.57. The fourth-order valence-electron chi connectivity index (χ4n) is 2.80. The van der Waals surface area contributed by atoms with Crippen LogP contribution in [0.4, 0.5) is 5.69 Å². The van der Waals surface area contributed by atoms with Gasteiger partial charge in [0.15, 0.2) is 6.10 Å². The van der Waals surface area contributed by atoms with Gasteiger partial charge < -0.3 is 15.4 Å². The Bertz CT molecular complexity index is 820. The van der Waals surface area contributed by atoms with Crippen molar-refractivity contribution in [2.24, 2.45) is 0 Å². The summed E-state index contributed by atoms with van der Waals surface area (Å²) in [6.07, 6.45) is -0.0424. The van der Waals surface area contributed by atoms with Crippen LogP contribution in [0.2, 0.25) is 0 Å². The van der Waals surface area contributed by atoms with E-state index in [1.54, 1.807) is 18.2 Å². The van der Waals surface area contributed by atoms with E-state index in [-0.39, 0.29) is 23.3 Å². The van der Waals surface area contributed by atoms with Crippen LogP contribution in [0.3, 0.4) is 0 Å². The third-order valence-corrected chi connectivity index (χ3v) is 4.36. The average Bonchev–Trinajstić information content (AvgIpc) is 2.68. The van der Waals surface area contributed by atoms with Crippen LogP contribution in [0.25, 0.3) is 0 Å². The molecule has 2 rings (SSSR count). The number of benzene rings is 2. The first-order valence-electron chi connectivity index (χ1n) is 9.32. The fraction of sp³-hybridized carbons (Fsp3) is 0.318. The normalized spacial score (nSPS) is 12.5. The fourth-order valence-corrected chi connectivity index (χ4v) is 2.80. The zero-order valence-electron chi connectivity index (χ0n) is 16.4. The maximum atomic E-state index is 12.3. The summed E-state index contributed by atoms with van der Waals surface area (Å²) in [6.45, 7) is 5.46. The van der Waals surface area contributed by atoms with E-state index in [0.29, 0.717) is 12.2 Å². The average molecular weight is 382 g/mol. The van der Waals surface area contributed by atoms with Crippen molar-refractivity contribution >= 4 is 23.5 Å². The number of anilines is 1. The molecule has 0 saturated heterocycles. The van der Waals surface area contributed by atoms with Crippen molar-refractivity contribution in [3.05, 3.63) is 65.7 Å². The van der Waals surface area contributed by atoms with E-state index >= 15 is 0 Å². The van der Waals surface area contributed by atoms with Crippen molar-refractivity contribution in [1.82, 2.24) is 5.32 Å². The van der Waals surface area contributed by atoms with Crippen molar-refractivity contribution in [1.29, 1.82) is 0 Å². The molecule has 0 radical (unpaired) electrons. The molecule has 0 bridgehead atoms. The van der Waals surface area contributed by atoms with Crippen LogP contribution in [-0.4, -0.2) is 30.4 Å². The van der Waals surface area contributed by atoms with Gasteiger partial charge in [-0.15, -0.1) is 0 Å². The molecular weight excluding hydrogens is 356 g/mol. The van der Waals surface area contributed by atoms with Gasteiger partial charge in [0.1, 0.15) is 0 Å². The Morgan fingerprint density at radius 2 is 1.75 bits per heavy atom. The molecule has 0 heterocycles. The third kappa shape index (κ3) is 6.23. The van der Waals surface area contributed by atoms with Crippen LogP contribution >= 0.6 is 0 Å². The molecular formula is C22H26N2O4. The van der Waals surface area contributed by atoms with E-state index in [1.807, 2.05) is 30.3 Å². The van der Waals surface area contributed by atoms with Gasteiger partial charge in [0.2, 0.25) is 5.91 Å². The summed E-state index contributed by atoms with van der Waals surface area (Å²) in [6, 6.07) is 16.4. The minimum absolute atomic E-state index is 0.197. The third-order valence-electron chi connectivity index (χ3n) is 4.36. The second kappa shape index (κ2) is 10.3. The van der Waals surface area contributed by atoms with Gasteiger partial charge in [0, 0.05) is 25.1 Å². The molecule has 2 atom stereocenters. The summed E-state index contributed by atoms with van der Waals surface area (Å²) in [7, 11) is 0. The van der Waals surface area contributed by atoms with Crippen molar-refractivity contribution in [3.63, 3.8) is 0 Å². The van der Waals surface area contributed by atoms with Crippen LogP contribution in [-0.2, 0) is 14.3 Å². The summed E-state index contributed by atoms with van der Waals surface area (Å²) in [5.74, 6) is -1.00. The highest BCUT2D eigenvalue weighted by Crippen LogP contribution is 2.18. The van der Waals surface area contributed by atoms with Crippen LogP contribution in [0.15, 0.2) is 54.6 Å². The molecule has 148 valence electrons. The number of hydrogen-bond donors (Lipinski definition) is 2. The van der Waals surface area contributed by atoms with E-state index in [9.17, 15) is 14.4 Å². The number of carbonyl (C=O) groups is 3. The summed E-state index contributed by atoms with van der Waals surface area (Å²) >= 11 is 0. The largest absolute Gasteiger partial charge is 0.449 e. The monoisotopic (exact) mass is 382 g/mol. The minimum atomic E-state index is -0.926. The lowest BCUT2D eigenvalue weighted by Crippen LogP contribution is -2.38. The molecule has 28 heavy (non-hydrogen) atoms. The molecule has 0 unspecified atom stereocenters. The highest BCUT2D eigenvalue weighted by Gasteiger charge is 2.20. The quantitative estimate of drug-likeness (QED) is 0.685. The van der Waals surface area contributed by atoms with Crippen LogP contribution in [0.5, 0.6) is 0 Å². The van der Waals surface area contributed by atoms with Gasteiger partial charge in [0.25, 0.3) is 5.91 Å². The van der Waals surface area contributed by atoms with Gasteiger partial charge in [-0.2, -0.15) is 0 Å². The Labute approximate surface area is 165 Å². The SMILES string of the molecule is CC[C@H](CNC(=O)[C@@H](C)OC(=O)c1cccc(NC(C)=O)c1)c1ccccc1. The number of hydrogen-bond acceptors (Lipinski definition) is 4. The molecule has 2 amide bonds.